The van der Waals surface area contributed by atoms with Crippen LogP contribution in [0, 0.1) is 0 Å². The molecule has 3 N–H and O–H groups in total. The van der Waals surface area contributed by atoms with Crippen LogP contribution in [-0.4, -0.2) is 30.6 Å². The molecule has 0 aliphatic heterocycles. The lowest BCUT2D eigenvalue weighted by Gasteiger charge is -2.17. The maximum absolute atomic E-state index is 12.8. The summed E-state index contributed by atoms with van der Waals surface area (Å²) in [5.74, 6) is -0.218. The van der Waals surface area contributed by atoms with Gasteiger partial charge < -0.3 is 20.5 Å². The van der Waals surface area contributed by atoms with Crippen LogP contribution < -0.4 is 15.8 Å². The molecule has 0 aliphatic rings. The fourth-order valence-corrected chi connectivity index (χ4v) is 3.94. The van der Waals surface area contributed by atoms with Crippen molar-refractivity contribution in [3.8, 4) is 11.5 Å². The smallest absolute Gasteiger partial charge is 0.416 e. The van der Waals surface area contributed by atoms with E-state index >= 15 is 0 Å². The van der Waals surface area contributed by atoms with Crippen molar-refractivity contribution in [3.63, 3.8) is 0 Å². The largest absolute Gasteiger partial charge is 0.462 e. The number of rotatable bonds is 9. The van der Waals surface area contributed by atoms with Crippen LogP contribution in [0.15, 0.2) is 91.0 Å². The van der Waals surface area contributed by atoms with E-state index in [1.165, 1.54) is 12.1 Å². The number of fused-ring (bicyclic) bond motifs is 1. The summed E-state index contributed by atoms with van der Waals surface area (Å²) in [7, 11) is 0. The quantitative estimate of drug-likeness (QED) is 0.261. The molecule has 0 bridgehead atoms. The molecule has 0 aromatic heterocycles. The van der Waals surface area contributed by atoms with Crippen LogP contribution in [0.25, 0.3) is 10.8 Å². The highest BCUT2D eigenvalue weighted by Crippen LogP contribution is 2.33. The van der Waals surface area contributed by atoms with Gasteiger partial charge in [0.05, 0.1) is 11.6 Å². The topological polar surface area (TPSA) is 90.6 Å². The van der Waals surface area contributed by atoms with Gasteiger partial charge in [-0.15, -0.1) is 0 Å². The molecule has 0 radical (unpaired) electrons. The van der Waals surface area contributed by atoms with Crippen molar-refractivity contribution in [1.29, 1.82) is 0 Å². The first-order chi connectivity index (χ1) is 18.6. The average molecular weight is 537 g/mol. The van der Waals surface area contributed by atoms with Crippen molar-refractivity contribution in [2.75, 3.05) is 6.61 Å². The maximum atomic E-state index is 12.8. The molecular weight excluding hydrogens is 509 g/mol. The first kappa shape index (κ1) is 27.7. The van der Waals surface area contributed by atoms with Gasteiger partial charge in [0.2, 0.25) is 0 Å². The minimum Gasteiger partial charge on any atom is -0.462 e. The van der Waals surface area contributed by atoms with Crippen molar-refractivity contribution in [3.05, 3.63) is 108 Å². The molecule has 2 atom stereocenters. The van der Waals surface area contributed by atoms with E-state index < -0.39 is 29.8 Å². The van der Waals surface area contributed by atoms with Crippen molar-refractivity contribution in [2.45, 2.75) is 31.6 Å². The number of carbonyl (C=O) groups excluding carboxylic acids is 2. The van der Waals surface area contributed by atoms with Crippen LogP contribution in [0.5, 0.6) is 11.5 Å². The molecule has 4 aromatic rings. The number of carbonyl (C=O) groups is 2. The minimum absolute atomic E-state index is 0.0360. The summed E-state index contributed by atoms with van der Waals surface area (Å²) in [4.78, 5) is 25.1. The van der Waals surface area contributed by atoms with Crippen molar-refractivity contribution in [1.82, 2.24) is 5.32 Å². The number of hydrogen-bond donors (Lipinski definition) is 2. The van der Waals surface area contributed by atoms with E-state index in [9.17, 15) is 22.8 Å². The third kappa shape index (κ3) is 7.36. The molecule has 0 aliphatic carbocycles. The fraction of sp³-hybridized carbons (Fsp3) is 0.200. The van der Waals surface area contributed by atoms with E-state index in [1.807, 2.05) is 30.3 Å². The number of alkyl halides is 3. The van der Waals surface area contributed by atoms with E-state index in [2.05, 4.69) is 5.32 Å². The summed E-state index contributed by atoms with van der Waals surface area (Å²) in [5, 5.41) is 4.19. The lowest BCUT2D eigenvalue weighted by molar-refractivity contribution is -0.145. The monoisotopic (exact) mass is 536 g/mol. The zero-order chi connectivity index (χ0) is 28.0. The Hall–Kier alpha value is -4.37. The molecular formula is C30H27F3N2O4. The summed E-state index contributed by atoms with van der Waals surface area (Å²) >= 11 is 0. The van der Waals surface area contributed by atoms with Crippen molar-refractivity contribution < 1.29 is 32.2 Å². The predicted molar refractivity (Wildman–Crippen MR) is 141 cm³/mol. The van der Waals surface area contributed by atoms with Crippen LogP contribution in [0.2, 0.25) is 0 Å². The first-order valence-electron chi connectivity index (χ1n) is 12.2. The summed E-state index contributed by atoms with van der Waals surface area (Å²) in [6, 6.07) is 22.7. The minimum atomic E-state index is -4.43. The van der Waals surface area contributed by atoms with E-state index in [-0.39, 0.29) is 18.3 Å². The van der Waals surface area contributed by atoms with Gasteiger partial charge in [-0.1, -0.05) is 42.5 Å². The van der Waals surface area contributed by atoms with Gasteiger partial charge in [-0.2, -0.15) is 13.2 Å². The Morgan fingerprint density at radius 3 is 2.33 bits per heavy atom. The highest BCUT2D eigenvalue weighted by molar-refractivity contribution is 6.00. The number of benzene rings is 4. The summed E-state index contributed by atoms with van der Waals surface area (Å²) in [6.07, 6.45) is -4.08. The van der Waals surface area contributed by atoms with Crippen LogP contribution in [0.4, 0.5) is 13.2 Å². The summed E-state index contributed by atoms with van der Waals surface area (Å²) in [6.45, 7) is 1.68. The number of hydrogen-bond acceptors (Lipinski definition) is 5. The highest BCUT2D eigenvalue weighted by atomic mass is 19.4. The number of halogens is 3. The molecule has 9 heteroatoms. The van der Waals surface area contributed by atoms with Crippen LogP contribution in [-0.2, 0) is 22.1 Å². The normalized spacial score (nSPS) is 12.9. The molecule has 0 unspecified atom stereocenters. The van der Waals surface area contributed by atoms with Crippen molar-refractivity contribution >= 4 is 22.6 Å². The molecule has 1 amide bonds. The van der Waals surface area contributed by atoms with E-state index in [0.29, 0.717) is 28.5 Å². The Bertz CT molecular complexity index is 1440. The van der Waals surface area contributed by atoms with Gasteiger partial charge in [-0.25, -0.2) is 0 Å². The van der Waals surface area contributed by atoms with E-state index in [0.717, 1.165) is 17.7 Å². The zero-order valence-corrected chi connectivity index (χ0v) is 21.1. The highest BCUT2D eigenvalue weighted by Gasteiger charge is 2.30. The predicted octanol–water partition coefficient (Wildman–Crippen LogP) is 5.88. The van der Waals surface area contributed by atoms with E-state index in [4.69, 9.17) is 15.2 Å². The molecule has 0 fully saturated rings. The van der Waals surface area contributed by atoms with Crippen LogP contribution in [0.1, 0.15) is 28.4 Å². The second-order valence-electron chi connectivity index (χ2n) is 9.12. The number of nitrogens with two attached hydrogens (primary N) is 1. The SMILES string of the molecule is C[C@H](COC(=O)[C@@H](N)Cc1ccccc1)NC(=O)c1ccc2c(Oc3ccc(C(F)(F)F)cc3)cccc2c1. The third-order valence-electron chi connectivity index (χ3n) is 5.97. The van der Waals surface area contributed by atoms with Crippen LogP contribution >= 0.6 is 0 Å². The van der Waals surface area contributed by atoms with Gasteiger partial charge >= 0.3 is 12.1 Å². The Balaban J connectivity index is 1.35. The summed E-state index contributed by atoms with van der Waals surface area (Å²) in [5.41, 5.74) is 6.49. The second kappa shape index (κ2) is 12.0. The Kier molecular flexibility index (Phi) is 8.51. The van der Waals surface area contributed by atoms with Gasteiger partial charge in [0.25, 0.3) is 5.91 Å². The number of esters is 1. The van der Waals surface area contributed by atoms with Gasteiger partial charge in [-0.05, 0) is 72.8 Å². The maximum Gasteiger partial charge on any atom is 0.416 e. The average Bonchev–Trinajstić information content (AvgIpc) is 2.92. The molecule has 202 valence electrons. The number of amides is 1. The fourth-order valence-electron chi connectivity index (χ4n) is 3.94. The molecule has 0 saturated heterocycles. The van der Waals surface area contributed by atoms with Gasteiger partial charge in [-0.3, -0.25) is 9.59 Å². The number of nitrogens with one attached hydrogen (secondary N) is 1. The molecule has 39 heavy (non-hydrogen) atoms. The third-order valence-corrected chi connectivity index (χ3v) is 5.97. The Labute approximate surface area is 223 Å². The molecule has 0 spiro atoms. The molecule has 0 heterocycles. The lowest BCUT2D eigenvalue weighted by atomic mass is 10.1. The Morgan fingerprint density at radius 1 is 0.923 bits per heavy atom. The molecule has 6 nitrogen and oxygen atoms in total. The van der Waals surface area contributed by atoms with Gasteiger partial charge in [0.1, 0.15) is 24.1 Å². The van der Waals surface area contributed by atoms with E-state index in [1.54, 1.807) is 43.3 Å². The second-order valence-corrected chi connectivity index (χ2v) is 9.12. The molecule has 4 rings (SSSR count). The van der Waals surface area contributed by atoms with Crippen LogP contribution in [0.3, 0.4) is 0 Å². The Morgan fingerprint density at radius 2 is 1.64 bits per heavy atom. The van der Waals surface area contributed by atoms with Gasteiger partial charge in [0, 0.05) is 10.9 Å². The summed E-state index contributed by atoms with van der Waals surface area (Å²) < 4.78 is 49.6. The molecule has 0 saturated carbocycles. The van der Waals surface area contributed by atoms with Gasteiger partial charge in [0.15, 0.2) is 0 Å². The van der Waals surface area contributed by atoms with Crippen molar-refractivity contribution in [2.24, 2.45) is 5.73 Å². The number of ether oxygens (including phenoxy) is 2. The standard InChI is InChI=1S/C30H27F3N2O4/c1-19(18-38-29(37)26(34)16-20-6-3-2-4-7-20)35-28(36)22-10-15-25-21(17-22)8-5-9-27(25)39-24-13-11-23(12-14-24)30(31,32)33/h2-15,17,19,26H,16,18,34H2,1H3,(H,35,36)/t19-,26+/m1/s1. The molecule has 4 aromatic carbocycles. The zero-order valence-electron chi connectivity index (χ0n) is 21.1. The first-order valence-corrected chi connectivity index (χ1v) is 12.2. The lowest BCUT2D eigenvalue weighted by Crippen LogP contribution is -2.40.